The second-order valence-corrected chi connectivity index (χ2v) is 5.35. The van der Waals surface area contributed by atoms with Gasteiger partial charge in [-0.25, -0.2) is 9.78 Å². The number of hydrogen-bond acceptors (Lipinski definition) is 5. The summed E-state index contributed by atoms with van der Waals surface area (Å²) in [5.41, 5.74) is 0.925. The van der Waals surface area contributed by atoms with Crippen molar-refractivity contribution in [1.82, 2.24) is 14.9 Å². The lowest BCUT2D eigenvalue weighted by molar-refractivity contribution is -0.129. The number of cyclic esters (lactones) is 1. The van der Waals surface area contributed by atoms with Crippen molar-refractivity contribution < 1.29 is 14.3 Å². The third-order valence-corrected chi connectivity index (χ3v) is 4.05. The molecule has 3 rings (SSSR count). The SMILES string of the molecule is CC(=O)N1CCC(c2cnc(N3CCOC3=O)cn2)CC1. The molecular weight excluding hydrogens is 272 g/mol. The van der Waals surface area contributed by atoms with Crippen LogP contribution in [0.15, 0.2) is 12.4 Å². The molecule has 0 unspecified atom stereocenters. The Labute approximate surface area is 122 Å². The number of hydrogen-bond donors (Lipinski definition) is 0. The Balaban J connectivity index is 1.65. The number of ether oxygens (including phenoxy) is 1. The Kier molecular flexibility index (Phi) is 3.72. The fourth-order valence-electron chi connectivity index (χ4n) is 2.77. The van der Waals surface area contributed by atoms with Gasteiger partial charge >= 0.3 is 6.09 Å². The highest BCUT2D eigenvalue weighted by Crippen LogP contribution is 2.27. The fraction of sp³-hybridized carbons (Fsp3) is 0.571. The Morgan fingerprint density at radius 3 is 2.52 bits per heavy atom. The number of carbonyl (C=O) groups is 2. The van der Waals surface area contributed by atoms with E-state index in [0.717, 1.165) is 31.6 Å². The van der Waals surface area contributed by atoms with Gasteiger partial charge in [-0.05, 0) is 12.8 Å². The highest BCUT2D eigenvalue weighted by molar-refractivity contribution is 5.87. The average molecular weight is 290 g/mol. The summed E-state index contributed by atoms with van der Waals surface area (Å²) in [7, 11) is 0. The van der Waals surface area contributed by atoms with Gasteiger partial charge in [0.15, 0.2) is 5.82 Å². The lowest BCUT2D eigenvalue weighted by Crippen LogP contribution is -2.36. The third kappa shape index (κ3) is 2.81. The predicted octanol–water partition coefficient (Wildman–Crippen LogP) is 1.16. The van der Waals surface area contributed by atoms with E-state index in [1.165, 1.54) is 4.90 Å². The molecule has 2 aliphatic rings. The zero-order chi connectivity index (χ0) is 14.8. The molecule has 0 saturated carbocycles. The van der Waals surface area contributed by atoms with Gasteiger partial charge in [-0.3, -0.25) is 14.7 Å². The molecule has 2 amide bonds. The van der Waals surface area contributed by atoms with Gasteiger partial charge in [-0.1, -0.05) is 0 Å². The van der Waals surface area contributed by atoms with Crippen molar-refractivity contribution in [2.45, 2.75) is 25.7 Å². The molecule has 3 heterocycles. The van der Waals surface area contributed by atoms with E-state index in [1.807, 2.05) is 4.90 Å². The molecule has 0 atom stereocenters. The van der Waals surface area contributed by atoms with Crippen LogP contribution in [0.2, 0.25) is 0 Å². The average Bonchev–Trinajstić information content (AvgIpc) is 2.94. The predicted molar refractivity (Wildman–Crippen MR) is 75.0 cm³/mol. The van der Waals surface area contributed by atoms with Gasteiger partial charge in [0, 0.05) is 25.9 Å². The van der Waals surface area contributed by atoms with Crippen molar-refractivity contribution in [2.24, 2.45) is 0 Å². The number of amides is 2. The molecule has 7 heteroatoms. The van der Waals surface area contributed by atoms with Crippen LogP contribution in [-0.2, 0) is 9.53 Å². The van der Waals surface area contributed by atoms with E-state index >= 15 is 0 Å². The maximum atomic E-state index is 11.5. The second-order valence-electron chi connectivity index (χ2n) is 5.35. The van der Waals surface area contributed by atoms with E-state index in [-0.39, 0.29) is 12.0 Å². The normalized spacial score (nSPS) is 19.8. The maximum Gasteiger partial charge on any atom is 0.415 e. The summed E-state index contributed by atoms with van der Waals surface area (Å²) in [5.74, 6) is 0.984. The van der Waals surface area contributed by atoms with Crippen molar-refractivity contribution in [2.75, 3.05) is 31.1 Å². The Morgan fingerprint density at radius 1 is 1.24 bits per heavy atom. The largest absolute Gasteiger partial charge is 0.447 e. The summed E-state index contributed by atoms with van der Waals surface area (Å²) < 4.78 is 4.88. The van der Waals surface area contributed by atoms with Crippen molar-refractivity contribution in [1.29, 1.82) is 0 Å². The zero-order valence-electron chi connectivity index (χ0n) is 12.0. The first kappa shape index (κ1) is 13.8. The van der Waals surface area contributed by atoms with Gasteiger partial charge in [0.05, 0.1) is 24.6 Å². The van der Waals surface area contributed by atoms with Gasteiger partial charge in [0.1, 0.15) is 6.61 Å². The summed E-state index contributed by atoms with van der Waals surface area (Å²) in [5, 5.41) is 0. The summed E-state index contributed by atoms with van der Waals surface area (Å²) in [6.45, 7) is 4.05. The molecule has 7 nitrogen and oxygen atoms in total. The molecule has 2 aliphatic heterocycles. The molecule has 0 spiro atoms. The lowest BCUT2D eigenvalue weighted by atomic mass is 9.94. The number of nitrogens with zero attached hydrogens (tertiary/aromatic N) is 4. The quantitative estimate of drug-likeness (QED) is 0.817. The van der Waals surface area contributed by atoms with E-state index in [0.29, 0.717) is 24.9 Å². The molecule has 0 aromatic carbocycles. The molecule has 2 fully saturated rings. The van der Waals surface area contributed by atoms with Crippen LogP contribution in [0.3, 0.4) is 0 Å². The standard InChI is InChI=1S/C14H18N4O3/c1-10(19)17-4-2-11(3-5-17)12-8-16-13(9-15-12)18-6-7-21-14(18)20/h8-9,11H,2-7H2,1H3. The molecule has 0 N–H and O–H groups in total. The van der Waals surface area contributed by atoms with Crippen molar-refractivity contribution in [3.8, 4) is 0 Å². The molecule has 1 aromatic heterocycles. The fourth-order valence-corrected chi connectivity index (χ4v) is 2.77. The molecule has 2 saturated heterocycles. The smallest absolute Gasteiger partial charge is 0.415 e. The summed E-state index contributed by atoms with van der Waals surface area (Å²) in [6, 6.07) is 0. The topological polar surface area (TPSA) is 75.6 Å². The van der Waals surface area contributed by atoms with E-state index in [4.69, 9.17) is 4.74 Å². The minimum atomic E-state index is -0.369. The Hall–Kier alpha value is -2.18. The second kappa shape index (κ2) is 5.67. The van der Waals surface area contributed by atoms with Gasteiger partial charge < -0.3 is 9.64 Å². The molecule has 112 valence electrons. The van der Waals surface area contributed by atoms with Crippen LogP contribution in [0.4, 0.5) is 10.6 Å². The van der Waals surface area contributed by atoms with Crippen LogP contribution >= 0.6 is 0 Å². The van der Waals surface area contributed by atoms with Crippen LogP contribution in [0.5, 0.6) is 0 Å². The summed E-state index contributed by atoms with van der Waals surface area (Å²) in [6.07, 6.45) is 4.79. The number of anilines is 1. The summed E-state index contributed by atoms with van der Waals surface area (Å²) >= 11 is 0. The van der Waals surface area contributed by atoms with E-state index in [1.54, 1.807) is 19.3 Å². The number of likely N-dealkylation sites (tertiary alicyclic amines) is 1. The number of carbonyl (C=O) groups excluding carboxylic acids is 2. The first-order chi connectivity index (χ1) is 10.1. The van der Waals surface area contributed by atoms with Gasteiger partial charge in [0.2, 0.25) is 5.91 Å². The molecule has 0 aliphatic carbocycles. The molecular formula is C14H18N4O3. The number of aromatic nitrogens is 2. The summed E-state index contributed by atoms with van der Waals surface area (Å²) in [4.78, 5) is 34.9. The lowest BCUT2D eigenvalue weighted by Gasteiger charge is -2.30. The Bertz CT molecular complexity index is 538. The Morgan fingerprint density at radius 2 is 2.00 bits per heavy atom. The molecule has 21 heavy (non-hydrogen) atoms. The minimum absolute atomic E-state index is 0.127. The van der Waals surface area contributed by atoms with E-state index in [2.05, 4.69) is 9.97 Å². The third-order valence-electron chi connectivity index (χ3n) is 4.05. The maximum absolute atomic E-state index is 11.5. The highest BCUT2D eigenvalue weighted by atomic mass is 16.6. The molecule has 0 bridgehead atoms. The molecule has 1 aromatic rings. The minimum Gasteiger partial charge on any atom is -0.447 e. The first-order valence-corrected chi connectivity index (χ1v) is 7.17. The van der Waals surface area contributed by atoms with Gasteiger partial charge in [0.25, 0.3) is 0 Å². The zero-order valence-corrected chi connectivity index (χ0v) is 12.0. The molecule has 0 radical (unpaired) electrons. The van der Waals surface area contributed by atoms with E-state index in [9.17, 15) is 9.59 Å². The number of piperidine rings is 1. The van der Waals surface area contributed by atoms with Gasteiger partial charge in [-0.2, -0.15) is 0 Å². The van der Waals surface area contributed by atoms with Crippen LogP contribution in [0.25, 0.3) is 0 Å². The van der Waals surface area contributed by atoms with Crippen molar-refractivity contribution in [3.63, 3.8) is 0 Å². The van der Waals surface area contributed by atoms with Crippen LogP contribution in [-0.4, -0.2) is 53.1 Å². The first-order valence-electron chi connectivity index (χ1n) is 7.17. The number of rotatable bonds is 2. The van der Waals surface area contributed by atoms with Crippen molar-refractivity contribution in [3.05, 3.63) is 18.1 Å². The van der Waals surface area contributed by atoms with E-state index < -0.39 is 0 Å². The van der Waals surface area contributed by atoms with Gasteiger partial charge in [-0.15, -0.1) is 0 Å². The van der Waals surface area contributed by atoms with Crippen LogP contribution < -0.4 is 4.90 Å². The van der Waals surface area contributed by atoms with Crippen molar-refractivity contribution >= 4 is 17.8 Å². The monoisotopic (exact) mass is 290 g/mol. The van der Waals surface area contributed by atoms with Crippen LogP contribution in [0.1, 0.15) is 31.4 Å². The van der Waals surface area contributed by atoms with Crippen LogP contribution in [0, 0.1) is 0 Å². The highest BCUT2D eigenvalue weighted by Gasteiger charge is 2.26.